The Labute approximate surface area is 154 Å². The third-order valence-electron chi connectivity index (χ3n) is 4.11. The highest BCUT2D eigenvalue weighted by atomic mass is 16.5. The molecule has 0 aliphatic rings. The Morgan fingerprint density at radius 2 is 1.89 bits per heavy atom. The van der Waals surface area contributed by atoms with Crippen molar-refractivity contribution in [3.8, 4) is 22.6 Å². The number of H-pyrrole nitrogens is 1. The number of aromatic nitrogens is 5. The van der Waals surface area contributed by atoms with Gasteiger partial charge in [-0.2, -0.15) is 5.21 Å². The molecule has 27 heavy (non-hydrogen) atoms. The lowest BCUT2D eigenvalue weighted by molar-refractivity contribution is 0.0773. The lowest BCUT2D eigenvalue weighted by Crippen LogP contribution is -2.26. The van der Waals surface area contributed by atoms with E-state index in [1.807, 2.05) is 42.5 Å². The van der Waals surface area contributed by atoms with E-state index in [1.54, 1.807) is 30.1 Å². The van der Waals surface area contributed by atoms with Crippen LogP contribution in [0.1, 0.15) is 16.1 Å². The van der Waals surface area contributed by atoms with Gasteiger partial charge in [0.1, 0.15) is 5.69 Å². The second-order valence-electron chi connectivity index (χ2n) is 5.99. The van der Waals surface area contributed by atoms with Crippen molar-refractivity contribution in [1.82, 2.24) is 30.7 Å². The SMILES string of the molecule is CN(Cc1cc(-c2ccccc2)no1)C(=O)c1ccccc1-c1nn[nH]n1. The first-order chi connectivity index (χ1) is 13.2. The first kappa shape index (κ1) is 16.6. The van der Waals surface area contributed by atoms with E-state index in [2.05, 4.69) is 25.8 Å². The van der Waals surface area contributed by atoms with Gasteiger partial charge in [-0.3, -0.25) is 4.79 Å². The Kier molecular flexibility index (Phi) is 4.44. The molecule has 134 valence electrons. The molecule has 2 aromatic carbocycles. The average Bonchev–Trinajstić information content (AvgIpc) is 3.40. The molecule has 0 spiro atoms. The highest BCUT2D eigenvalue weighted by Crippen LogP contribution is 2.22. The molecule has 0 saturated carbocycles. The molecule has 2 heterocycles. The highest BCUT2D eigenvalue weighted by Gasteiger charge is 2.20. The zero-order valence-corrected chi connectivity index (χ0v) is 14.5. The summed E-state index contributed by atoms with van der Waals surface area (Å²) in [4.78, 5) is 14.5. The van der Waals surface area contributed by atoms with Gasteiger partial charge >= 0.3 is 0 Å². The molecule has 0 unspecified atom stereocenters. The highest BCUT2D eigenvalue weighted by molar-refractivity contribution is 5.99. The number of rotatable bonds is 5. The van der Waals surface area contributed by atoms with Crippen LogP contribution in [0.2, 0.25) is 0 Å². The van der Waals surface area contributed by atoms with E-state index in [9.17, 15) is 4.79 Å². The molecule has 1 amide bonds. The van der Waals surface area contributed by atoms with Gasteiger partial charge in [0.25, 0.3) is 5.91 Å². The monoisotopic (exact) mass is 360 g/mol. The maximum absolute atomic E-state index is 12.9. The topological polar surface area (TPSA) is 101 Å². The van der Waals surface area contributed by atoms with Gasteiger partial charge in [-0.1, -0.05) is 53.7 Å². The minimum Gasteiger partial charge on any atom is -0.359 e. The van der Waals surface area contributed by atoms with E-state index in [0.717, 1.165) is 11.3 Å². The van der Waals surface area contributed by atoms with Gasteiger partial charge in [-0.05, 0) is 11.3 Å². The Morgan fingerprint density at radius 3 is 2.67 bits per heavy atom. The van der Waals surface area contributed by atoms with Gasteiger partial charge in [0.15, 0.2) is 5.76 Å². The number of hydrogen-bond acceptors (Lipinski definition) is 6. The van der Waals surface area contributed by atoms with Crippen molar-refractivity contribution >= 4 is 5.91 Å². The van der Waals surface area contributed by atoms with E-state index in [-0.39, 0.29) is 5.91 Å². The predicted molar refractivity (Wildman–Crippen MR) is 97.4 cm³/mol. The molecule has 0 aliphatic carbocycles. The molecule has 0 atom stereocenters. The number of hydrogen-bond donors (Lipinski definition) is 1. The van der Waals surface area contributed by atoms with E-state index in [1.165, 1.54) is 0 Å². The predicted octanol–water partition coefficient (Wildman–Crippen LogP) is 2.79. The molecule has 8 heteroatoms. The molecule has 0 saturated heterocycles. The maximum atomic E-state index is 12.9. The smallest absolute Gasteiger partial charge is 0.254 e. The summed E-state index contributed by atoms with van der Waals surface area (Å²) in [6.45, 7) is 0.291. The summed E-state index contributed by atoms with van der Waals surface area (Å²) in [5, 5.41) is 18.0. The van der Waals surface area contributed by atoms with Crippen molar-refractivity contribution in [3.63, 3.8) is 0 Å². The van der Waals surface area contributed by atoms with Gasteiger partial charge in [0.05, 0.1) is 12.1 Å². The zero-order valence-electron chi connectivity index (χ0n) is 14.5. The molecular formula is C19H16N6O2. The molecule has 4 rings (SSSR count). The van der Waals surface area contributed by atoms with Crippen molar-refractivity contribution in [2.45, 2.75) is 6.54 Å². The molecule has 1 N–H and O–H groups in total. The molecule has 0 aliphatic heterocycles. The third kappa shape index (κ3) is 3.45. The van der Waals surface area contributed by atoms with Gasteiger partial charge in [-0.25, -0.2) is 0 Å². The molecular weight excluding hydrogens is 344 g/mol. The van der Waals surface area contributed by atoms with Crippen molar-refractivity contribution in [1.29, 1.82) is 0 Å². The number of nitrogens with zero attached hydrogens (tertiary/aromatic N) is 5. The fourth-order valence-electron chi connectivity index (χ4n) is 2.78. The van der Waals surface area contributed by atoms with Crippen LogP contribution >= 0.6 is 0 Å². The van der Waals surface area contributed by atoms with Crippen LogP contribution in [-0.2, 0) is 6.54 Å². The first-order valence-corrected chi connectivity index (χ1v) is 8.31. The number of carbonyl (C=O) groups excluding carboxylic acids is 1. The second kappa shape index (κ2) is 7.20. The normalized spacial score (nSPS) is 10.7. The molecule has 0 fully saturated rings. The molecule has 0 radical (unpaired) electrons. The summed E-state index contributed by atoms with van der Waals surface area (Å²) in [5.41, 5.74) is 2.80. The number of amides is 1. The van der Waals surface area contributed by atoms with Gasteiger partial charge < -0.3 is 9.42 Å². The number of carbonyl (C=O) groups is 1. The van der Waals surface area contributed by atoms with Crippen LogP contribution in [-0.4, -0.2) is 43.6 Å². The fraction of sp³-hybridized carbons (Fsp3) is 0.105. The van der Waals surface area contributed by atoms with Crippen molar-refractivity contribution in [2.75, 3.05) is 7.05 Å². The maximum Gasteiger partial charge on any atom is 0.254 e. The fourth-order valence-corrected chi connectivity index (χ4v) is 2.78. The summed E-state index contributed by atoms with van der Waals surface area (Å²) in [7, 11) is 1.71. The second-order valence-corrected chi connectivity index (χ2v) is 5.99. The van der Waals surface area contributed by atoms with Crippen molar-refractivity contribution in [2.24, 2.45) is 0 Å². The summed E-state index contributed by atoms with van der Waals surface area (Å²) >= 11 is 0. The van der Waals surface area contributed by atoms with Gasteiger partial charge in [0.2, 0.25) is 5.82 Å². The number of aromatic amines is 1. The largest absolute Gasteiger partial charge is 0.359 e. The minimum absolute atomic E-state index is 0.173. The summed E-state index contributed by atoms with van der Waals surface area (Å²) < 4.78 is 5.39. The first-order valence-electron chi connectivity index (χ1n) is 8.31. The average molecular weight is 360 g/mol. The Balaban J connectivity index is 1.54. The third-order valence-corrected chi connectivity index (χ3v) is 4.11. The Hall–Kier alpha value is -3.81. The van der Waals surface area contributed by atoms with E-state index in [4.69, 9.17) is 4.52 Å². The lowest BCUT2D eigenvalue weighted by atomic mass is 10.1. The van der Waals surface area contributed by atoms with Crippen LogP contribution in [0.15, 0.2) is 65.2 Å². The van der Waals surface area contributed by atoms with Crippen LogP contribution in [0.25, 0.3) is 22.6 Å². The number of tetrazole rings is 1. The lowest BCUT2D eigenvalue weighted by Gasteiger charge is -2.16. The van der Waals surface area contributed by atoms with E-state index < -0.39 is 0 Å². The summed E-state index contributed by atoms with van der Waals surface area (Å²) in [6.07, 6.45) is 0. The van der Waals surface area contributed by atoms with Gasteiger partial charge in [-0.15, -0.1) is 10.2 Å². The quantitative estimate of drug-likeness (QED) is 0.587. The standard InChI is InChI=1S/C19H16N6O2/c1-25(12-14-11-17(22-27-14)13-7-3-2-4-8-13)19(26)16-10-6-5-9-15(16)18-20-23-24-21-18/h2-11H,12H2,1H3,(H,20,21,23,24). The van der Waals surface area contributed by atoms with Crippen molar-refractivity contribution < 1.29 is 9.32 Å². The molecule has 0 bridgehead atoms. The van der Waals surface area contributed by atoms with Crippen LogP contribution in [0.3, 0.4) is 0 Å². The molecule has 2 aromatic heterocycles. The number of nitrogens with one attached hydrogen (secondary N) is 1. The number of benzene rings is 2. The molecule has 8 nitrogen and oxygen atoms in total. The van der Waals surface area contributed by atoms with Crippen LogP contribution in [0.5, 0.6) is 0 Å². The summed E-state index contributed by atoms with van der Waals surface area (Å²) in [5.74, 6) is 0.799. The Morgan fingerprint density at radius 1 is 1.11 bits per heavy atom. The van der Waals surface area contributed by atoms with Gasteiger partial charge in [0, 0.05) is 24.2 Å². The van der Waals surface area contributed by atoms with Crippen LogP contribution in [0, 0.1) is 0 Å². The van der Waals surface area contributed by atoms with E-state index in [0.29, 0.717) is 29.3 Å². The van der Waals surface area contributed by atoms with E-state index >= 15 is 0 Å². The minimum atomic E-state index is -0.173. The van der Waals surface area contributed by atoms with Crippen LogP contribution in [0.4, 0.5) is 0 Å². The van der Waals surface area contributed by atoms with Crippen LogP contribution < -0.4 is 0 Å². The molecule has 4 aromatic rings. The zero-order chi connectivity index (χ0) is 18.6. The Bertz CT molecular complexity index is 1040. The van der Waals surface area contributed by atoms with Crippen molar-refractivity contribution in [3.05, 3.63) is 72.0 Å². The summed E-state index contributed by atoms with van der Waals surface area (Å²) in [6, 6.07) is 18.7.